The van der Waals surface area contributed by atoms with Crippen molar-refractivity contribution >= 4 is 29.4 Å². The molecule has 3 heterocycles. The number of amides is 3. The number of nitrogens with one attached hydrogen (secondary N) is 2. The Kier molecular flexibility index (Phi) is 7.21. The Morgan fingerprint density at radius 2 is 1.97 bits per heavy atom. The molecule has 0 bridgehead atoms. The van der Waals surface area contributed by atoms with Crippen LogP contribution in [0.5, 0.6) is 0 Å². The second-order valence-electron chi connectivity index (χ2n) is 9.59. The first-order valence-corrected chi connectivity index (χ1v) is 11.1. The number of hydrogen-bond acceptors (Lipinski definition) is 7. The van der Waals surface area contributed by atoms with Crippen LogP contribution in [0.4, 0.5) is 16.3 Å². The fraction of sp³-hybridized carbons (Fsp3) is 0.458. The van der Waals surface area contributed by atoms with Gasteiger partial charge in [-0.15, -0.1) is 0 Å². The molecule has 1 saturated heterocycles. The van der Waals surface area contributed by atoms with Gasteiger partial charge in [0.2, 0.25) is 0 Å². The maximum absolute atomic E-state index is 13.1. The lowest BCUT2D eigenvalue weighted by Crippen LogP contribution is -2.57. The van der Waals surface area contributed by atoms with Crippen molar-refractivity contribution < 1.29 is 24.2 Å². The molecule has 0 saturated carbocycles. The molecule has 0 radical (unpaired) electrons. The summed E-state index contributed by atoms with van der Waals surface area (Å²) in [4.78, 5) is 47.3. The summed E-state index contributed by atoms with van der Waals surface area (Å²) < 4.78 is 5.22. The molecule has 1 fully saturated rings. The molecule has 10 nitrogen and oxygen atoms in total. The maximum atomic E-state index is 13.1. The first kappa shape index (κ1) is 25.1. The van der Waals surface area contributed by atoms with E-state index in [-0.39, 0.29) is 24.0 Å². The number of carbonyl (C=O) groups excluding carboxylic acids is 3. The fourth-order valence-corrected chi connectivity index (χ4v) is 3.77. The molecule has 34 heavy (non-hydrogen) atoms. The van der Waals surface area contributed by atoms with E-state index in [1.165, 1.54) is 17.3 Å². The van der Waals surface area contributed by atoms with E-state index in [1.54, 1.807) is 52.1 Å². The van der Waals surface area contributed by atoms with E-state index in [0.717, 1.165) is 0 Å². The van der Waals surface area contributed by atoms with Gasteiger partial charge in [0.1, 0.15) is 11.4 Å². The van der Waals surface area contributed by atoms with Crippen LogP contribution in [0.25, 0.3) is 0 Å². The zero-order chi connectivity index (χ0) is 25.1. The number of hydrogen-bond donors (Lipinski definition) is 3. The third kappa shape index (κ3) is 5.88. The van der Waals surface area contributed by atoms with Crippen LogP contribution in [-0.2, 0) is 20.1 Å². The van der Waals surface area contributed by atoms with Crippen LogP contribution < -0.4 is 10.6 Å². The zero-order valence-corrected chi connectivity index (χ0v) is 20.1. The highest BCUT2D eigenvalue weighted by Gasteiger charge is 2.45. The normalized spacial score (nSPS) is 20.4. The Labute approximate surface area is 198 Å². The summed E-state index contributed by atoms with van der Waals surface area (Å²) in [5, 5.41) is 16.5. The largest absolute Gasteiger partial charge is 0.444 e. The van der Waals surface area contributed by atoms with Crippen LogP contribution in [0.1, 0.15) is 51.7 Å². The van der Waals surface area contributed by atoms with Gasteiger partial charge in [0, 0.05) is 30.9 Å². The standard InChI is InChI=1S/C24H31N5O5/c1-15-8-9-24(33,17-7-6-10-25-12-17)29(14-15)21(31)20(30)27-18-11-16(2)19(26-13-18)28-22(32)34-23(3,4)5/h6-7,10-13,15,33H,8-9,14H2,1-5H3,(H,27,30)(H,26,28,32)/t15-,24+/m0/s1. The van der Waals surface area contributed by atoms with Crippen molar-refractivity contribution in [3.8, 4) is 0 Å². The zero-order valence-electron chi connectivity index (χ0n) is 20.1. The van der Waals surface area contributed by atoms with Gasteiger partial charge in [-0.05, 0) is 57.7 Å². The van der Waals surface area contributed by atoms with Crippen molar-refractivity contribution in [3.63, 3.8) is 0 Å². The molecule has 3 amide bonds. The molecule has 3 rings (SSSR count). The molecule has 0 spiro atoms. The van der Waals surface area contributed by atoms with Crippen LogP contribution in [0.3, 0.4) is 0 Å². The van der Waals surface area contributed by atoms with E-state index in [9.17, 15) is 19.5 Å². The summed E-state index contributed by atoms with van der Waals surface area (Å²) >= 11 is 0. The molecule has 1 aliphatic rings. The predicted molar refractivity (Wildman–Crippen MR) is 126 cm³/mol. The number of rotatable bonds is 3. The second kappa shape index (κ2) is 9.76. The minimum Gasteiger partial charge on any atom is -0.444 e. The van der Waals surface area contributed by atoms with Crippen molar-refractivity contribution in [2.24, 2.45) is 5.92 Å². The quantitative estimate of drug-likeness (QED) is 0.588. The van der Waals surface area contributed by atoms with Crippen molar-refractivity contribution in [2.45, 2.75) is 58.8 Å². The van der Waals surface area contributed by atoms with Crippen molar-refractivity contribution in [1.29, 1.82) is 0 Å². The molecule has 0 unspecified atom stereocenters. The Hall–Kier alpha value is -3.53. The third-order valence-corrected chi connectivity index (χ3v) is 5.45. The Bertz CT molecular complexity index is 1070. The van der Waals surface area contributed by atoms with Gasteiger partial charge < -0.3 is 20.1 Å². The van der Waals surface area contributed by atoms with Gasteiger partial charge in [-0.25, -0.2) is 9.78 Å². The van der Waals surface area contributed by atoms with E-state index in [4.69, 9.17) is 4.74 Å². The maximum Gasteiger partial charge on any atom is 0.413 e. The number of pyridine rings is 2. The van der Waals surface area contributed by atoms with E-state index in [0.29, 0.717) is 24.0 Å². The number of nitrogens with zero attached hydrogens (tertiary/aromatic N) is 3. The lowest BCUT2D eigenvalue weighted by Gasteiger charge is -2.45. The van der Waals surface area contributed by atoms with Crippen LogP contribution in [0, 0.1) is 12.8 Å². The molecule has 1 aliphatic heterocycles. The van der Waals surface area contributed by atoms with Crippen LogP contribution in [0.2, 0.25) is 0 Å². The molecule has 2 atom stereocenters. The van der Waals surface area contributed by atoms with Gasteiger partial charge in [0.25, 0.3) is 0 Å². The van der Waals surface area contributed by atoms with E-state index in [2.05, 4.69) is 20.6 Å². The fourth-order valence-electron chi connectivity index (χ4n) is 3.77. The minimum atomic E-state index is -1.62. The molecule has 2 aromatic rings. The van der Waals surface area contributed by atoms with Crippen molar-refractivity contribution in [3.05, 3.63) is 47.9 Å². The molecular weight excluding hydrogens is 438 g/mol. The third-order valence-electron chi connectivity index (χ3n) is 5.45. The predicted octanol–water partition coefficient (Wildman–Crippen LogP) is 3.17. The summed E-state index contributed by atoms with van der Waals surface area (Å²) in [5.74, 6) is -1.36. The summed E-state index contributed by atoms with van der Waals surface area (Å²) in [6.45, 7) is 9.14. The molecule has 2 aromatic heterocycles. The highest BCUT2D eigenvalue weighted by molar-refractivity contribution is 6.39. The Morgan fingerprint density at radius 3 is 2.59 bits per heavy atom. The average Bonchev–Trinajstić information content (AvgIpc) is 2.76. The molecule has 10 heteroatoms. The number of likely N-dealkylation sites (tertiary alicyclic amines) is 1. The average molecular weight is 470 g/mol. The first-order valence-electron chi connectivity index (χ1n) is 11.1. The number of ether oxygens (including phenoxy) is 1. The number of carbonyl (C=O) groups is 3. The summed E-state index contributed by atoms with van der Waals surface area (Å²) in [6, 6.07) is 4.94. The van der Waals surface area contributed by atoms with Crippen LogP contribution in [-0.4, -0.2) is 50.0 Å². The number of piperidine rings is 1. The van der Waals surface area contributed by atoms with Gasteiger partial charge >= 0.3 is 17.9 Å². The minimum absolute atomic E-state index is 0.121. The van der Waals surface area contributed by atoms with Crippen molar-refractivity contribution in [2.75, 3.05) is 17.2 Å². The van der Waals surface area contributed by atoms with Crippen LogP contribution >= 0.6 is 0 Å². The molecule has 182 valence electrons. The van der Waals surface area contributed by atoms with E-state index >= 15 is 0 Å². The van der Waals surface area contributed by atoms with Gasteiger partial charge in [-0.1, -0.05) is 13.0 Å². The number of anilines is 2. The highest BCUT2D eigenvalue weighted by Crippen LogP contribution is 2.37. The van der Waals surface area contributed by atoms with Gasteiger partial charge in [0.05, 0.1) is 11.9 Å². The highest BCUT2D eigenvalue weighted by atomic mass is 16.6. The molecule has 0 aromatic carbocycles. The smallest absolute Gasteiger partial charge is 0.413 e. The van der Waals surface area contributed by atoms with E-state index in [1.807, 2.05) is 6.92 Å². The summed E-state index contributed by atoms with van der Waals surface area (Å²) in [5.41, 5.74) is -0.978. The Morgan fingerprint density at radius 1 is 1.24 bits per heavy atom. The first-order chi connectivity index (χ1) is 15.9. The SMILES string of the molecule is Cc1cc(NC(=O)C(=O)N2C[C@@H](C)CC[C@@]2(O)c2cccnc2)cnc1NC(=O)OC(C)(C)C. The number of aromatic nitrogens is 2. The van der Waals surface area contributed by atoms with Crippen molar-refractivity contribution in [1.82, 2.24) is 14.9 Å². The number of aliphatic hydroxyl groups is 1. The molecule has 3 N–H and O–H groups in total. The summed E-state index contributed by atoms with van der Waals surface area (Å²) in [7, 11) is 0. The van der Waals surface area contributed by atoms with Gasteiger partial charge in [-0.3, -0.25) is 19.9 Å². The number of aryl methyl sites for hydroxylation is 1. The molecule has 0 aliphatic carbocycles. The second-order valence-corrected chi connectivity index (χ2v) is 9.59. The van der Waals surface area contributed by atoms with E-state index < -0.39 is 29.2 Å². The van der Waals surface area contributed by atoms with Gasteiger partial charge in [0.15, 0.2) is 5.72 Å². The lowest BCUT2D eigenvalue weighted by atomic mass is 9.87. The molecular formula is C24H31N5O5. The Balaban J connectivity index is 1.73. The van der Waals surface area contributed by atoms with Gasteiger partial charge in [-0.2, -0.15) is 0 Å². The summed E-state index contributed by atoms with van der Waals surface area (Å²) in [6.07, 6.45) is 4.75. The lowest BCUT2D eigenvalue weighted by molar-refractivity contribution is -0.179. The monoisotopic (exact) mass is 469 g/mol. The topological polar surface area (TPSA) is 134 Å². The van der Waals surface area contributed by atoms with Crippen LogP contribution in [0.15, 0.2) is 36.8 Å².